The van der Waals surface area contributed by atoms with E-state index in [0.29, 0.717) is 43.9 Å². The molecule has 33 heavy (non-hydrogen) atoms. The van der Waals surface area contributed by atoms with Crippen LogP contribution in [-0.2, 0) is 19.5 Å². The van der Waals surface area contributed by atoms with Gasteiger partial charge in [-0.25, -0.2) is 4.39 Å². The second kappa shape index (κ2) is 10.5. The van der Waals surface area contributed by atoms with E-state index in [2.05, 4.69) is 25.9 Å². The molecule has 0 unspecified atom stereocenters. The summed E-state index contributed by atoms with van der Waals surface area (Å²) in [6, 6.07) is 13.7. The molecular formula is C23H25FN8O. The number of carbonyl (C=O) groups is 1. The molecule has 0 atom stereocenters. The average molecular weight is 449 g/mol. The Morgan fingerprint density at radius 1 is 1.09 bits per heavy atom. The summed E-state index contributed by atoms with van der Waals surface area (Å²) in [4.78, 5) is 18.6. The van der Waals surface area contributed by atoms with E-state index in [1.54, 1.807) is 40.1 Å². The van der Waals surface area contributed by atoms with Crippen LogP contribution in [0.25, 0.3) is 11.4 Å². The van der Waals surface area contributed by atoms with Gasteiger partial charge in [0.15, 0.2) is 0 Å². The molecular weight excluding hydrogens is 423 g/mol. The van der Waals surface area contributed by atoms with Crippen LogP contribution in [0, 0.1) is 5.82 Å². The highest BCUT2D eigenvalue weighted by Crippen LogP contribution is 2.16. The van der Waals surface area contributed by atoms with Gasteiger partial charge < -0.3 is 16.5 Å². The van der Waals surface area contributed by atoms with Crippen molar-refractivity contribution in [3.8, 4) is 11.4 Å². The molecule has 0 fully saturated rings. The molecule has 1 amide bonds. The van der Waals surface area contributed by atoms with Crippen LogP contribution in [0.2, 0.25) is 0 Å². The zero-order valence-electron chi connectivity index (χ0n) is 18.0. The third kappa shape index (κ3) is 5.60. The van der Waals surface area contributed by atoms with Gasteiger partial charge >= 0.3 is 0 Å². The summed E-state index contributed by atoms with van der Waals surface area (Å²) in [5, 5.41) is 11.3. The summed E-state index contributed by atoms with van der Waals surface area (Å²) in [7, 11) is 0. The Balaban J connectivity index is 1.35. The van der Waals surface area contributed by atoms with Gasteiger partial charge in [-0.05, 0) is 48.4 Å². The van der Waals surface area contributed by atoms with E-state index in [9.17, 15) is 9.18 Å². The van der Waals surface area contributed by atoms with Gasteiger partial charge in [0.1, 0.15) is 11.5 Å². The molecule has 1 aromatic carbocycles. The van der Waals surface area contributed by atoms with Crippen molar-refractivity contribution in [1.82, 2.24) is 30.0 Å². The van der Waals surface area contributed by atoms with E-state index >= 15 is 0 Å². The van der Waals surface area contributed by atoms with Crippen LogP contribution in [0.1, 0.15) is 21.6 Å². The first-order chi connectivity index (χ1) is 16.1. The van der Waals surface area contributed by atoms with Crippen LogP contribution in [0.3, 0.4) is 0 Å². The number of nitrogens with two attached hydrogens (primary N) is 1. The van der Waals surface area contributed by atoms with E-state index in [0.717, 1.165) is 17.0 Å². The Morgan fingerprint density at radius 3 is 2.76 bits per heavy atom. The molecule has 0 bridgehead atoms. The highest BCUT2D eigenvalue weighted by Gasteiger charge is 2.11. The number of hydrogen-bond acceptors (Lipinski definition) is 6. The lowest BCUT2D eigenvalue weighted by Gasteiger charge is -2.11. The number of halogens is 1. The molecule has 0 aliphatic carbocycles. The standard InChI is InChI=1S/C23H25FN8O/c24-19-3-1-2-17(14-19)6-10-29-32-22(8-12-30-32)21-5-4-18(15-26-21)23(33)27-16-20-7-11-28-31(20)13-9-25/h1-5,7-8,11-12,14-15,29H,6,9-10,13,16,25H2,(H,27,33). The van der Waals surface area contributed by atoms with Crippen molar-refractivity contribution in [2.75, 3.05) is 18.5 Å². The first kappa shape index (κ1) is 22.2. The number of nitrogens with zero attached hydrogens (tertiary/aromatic N) is 5. The lowest BCUT2D eigenvalue weighted by Crippen LogP contribution is -2.25. The van der Waals surface area contributed by atoms with Gasteiger partial charge in [0.05, 0.1) is 36.2 Å². The number of carbonyl (C=O) groups excluding carboxylic acids is 1. The van der Waals surface area contributed by atoms with Gasteiger partial charge in [0.2, 0.25) is 0 Å². The predicted octanol–water partition coefficient (Wildman–Crippen LogP) is 1.96. The van der Waals surface area contributed by atoms with Gasteiger partial charge in [-0.15, -0.1) is 0 Å². The van der Waals surface area contributed by atoms with Crippen LogP contribution in [0.4, 0.5) is 4.39 Å². The van der Waals surface area contributed by atoms with Gasteiger partial charge in [0.25, 0.3) is 5.91 Å². The zero-order valence-corrected chi connectivity index (χ0v) is 18.0. The second-order valence-corrected chi connectivity index (χ2v) is 7.37. The SMILES string of the molecule is NCCn1nccc1CNC(=O)c1ccc(-c2ccnn2NCCc2cccc(F)c2)nc1. The minimum absolute atomic E-state index is 0.226. The number of benzene rings is 1. The largest absolute Gasteiger partial charge is 0.346 e. The molecule has 4 rings (SSSR count). The molecule has 4 aromatic rings. The zero-order chi connectivity index (χ0) is 23.0. The molecule has 4 N–H and O–H groups in total. The first-order valence-corrected chi connectivity index (χ1v) is 10.6. The highest BCUT2D eigenvalue weighted by molar-refractivity contribution is 5.94. The van der Waals surface area contributed by atoms with Crippen LogP contribution in [0.5, 0.6) is 0 Å². The molecule has 3 heterocycles. The Bertz CT molecular complexity index is 1200. The fourth-order valence-electron chi connectivity index (χ4n) is 3.41. The number of rotatable bonds is 10. The maximum Gasteiger partial charge on any atom is 0.253 e. The smallest absolute Gasteiger partial charge is 0.253 e. The third-order valence-electron chi connectivity index (χ3n) is 5.07. The molecule has 10 heteroatoms. The van der Waals surface area contributed by atoms with E-state index in [1.807, 2.05) is 18.2 Å². The number of pyridine rings is 1. The molecule has 0 radical (unpaired) electrons. The number of amides is 1. The Hall–Kier alpha value is -4.05. The third-order valence-corrected chi connectivity index (χ3v) is 5.07. The Morgan fingerprint density at radius 2 is 1.97 bits per heavy atom. The van der Waals surface area contributed by atoms with Crippen LogP contribution in [0.15, 0.2) is 67.1 Å². The van der Waals surface area contributed by atoms with E-state index in [-0.39, 0.29) is 11.7 Å². The lowest BCUT2D eigenvalue weighted by molar-refractivity contribution is 0.0949. The molecule has 0 saturated carbocycles. The quantitative estimate of drug-likeness (QED) is 0.342. The van der Waals surface area contributed by atoms with Gasteiger partial charge in [0, 0.05) is 25.5 Å². The Labute approximate surface area is 190 Å². The van der Waals surface area contributed by atoms with Crippen molar-refractivity contribution in [3.63, 3.8) is 0 Å². The van der Waals surface area contributed by atoms with Gasteiger partial charge in [-0.2, -0.15) is 15.0 Å². The molecule has 0 aliphatic heterocycles. The maximum atomic E-state index is 13.3. The Kier molecular flexibility index (Phi) is 7.06. The first-order valence-electron chi connectivity index (χ1n) is 10.6. The minimum atomic E-state index is -0.248. The van der Waals surface area contributed by atoms with E-state index < -0.39 is 0 Å². The average Bonchev–Trinajstić information content (AvgIpc) is 3.47. The van der Waals surface area contributed by atoms with Crippen LogP contribution >= 0.6 is 0 Å². The number of aromatic nitrogens is 5. The predicted molar refractivity (Wildman–Crippen MR) is 122 cm³/mol. The number of nitrogens with one attached hydrogen (secondary N) is 2. The van der Waals surface area contributed by atoms with Crippen molar-refractivity contribution >= 4 is 5.91 Å². The highest BCUT2D eigenvalue weighted by atomic mass is 19.1. The fraction of sp³-hybridized carbons (Fsp3) is 0.217. The summed E-state index contributed by atoms with van der Waals surface area (Å²) in [6.45, 7) is 1.99. The molecule has 9 nitrogen and oxygen atoms in total. The number of hydrogen-bond donors (Lipinski definition) is 3. The van der Waals surface area contributed by atoms with E-state index in [4.69, 9.17) is 5.73 Å². The normalized spacial score (nSPS) is 10.8. The summed E-state index contributed by atoms with van der Waals surface area (Å²) < 4.78 is 15.1. The maximum absolute atomic E-state index is 13.3. The second-order valence-electron chi connectivity index (χ2n) is 7.37. The molecule has 3 aromatic heterocycles. The van der Waals surface area contributed by atoms with Crippen molar-refractivity contribution in [1.29, 1.82) is 0 Å². The molecule has 0 saturated heterocycles. The van der Waals surface area contributed by atoms with Crippen molar-refractivity contribution in [3.05, 3.63) is 89.8 Å². The van der Waals surface area contributed by atoms with Crippen molar-refractivity contribution < 1.29 is 9.18 Å². The van der Waals surface area contributed by atoms with E-state index in [1.165, 1.54) is 18.3 Å². The van der Waals surface area contributed by atoms with Gasteiger partial charge in [-0.1, -0.05) is 12.1 Å². The van der Waals surface area contributed by atoms with Crippen LogP contribution < -0.4 is 16.5 Å². The molecule has 0 aliphatic rings. The lowest BCUT2D eigenvalue weighted by atomic mass is 10.1. The monoisotopic (exact) mass is 448 g/mol. The summed E-state index contributed by atoms with van der Waals surface area (Å²) in [6.07, 6.45) is 5.53. The summed E-state index contributed by atoms with van der Waals surface area (Å²) in [5.41, 5.74) is 12.4. The summed E-state index contributed by atoms with van der Waals surface area (Å²) in [5.74, 6) is -0.474. The van der Waals surface area contributed by atoms with Crippen molar-refractivity contribution in [2.24, 2.45) is 5.73 Å². The minimum Gasteiger partial charge on any atom is -0.346 e. The van der Waals surface area contributed by atoms with Crippen molar-refractivity contribution in [2.45, 2.75) is 19.5 Å². The topological polar surface area (TPSA) is 116 Å². The van der Waals surface area contributed by atoms with Crippen LogP contribution in [-0.4, -0.2) is 43.7 Å². The van der Waals surface area contributed by atoms with Gasteiger partial charge in [-0.3, -0.25) is 14.5 Å². The fourth-order valence-corrected chi connectivity index (χ4v) is 3.41. The molecule has 0 spiro atoms. The molecule has 170 valence electrons. The summed E-state index contributed by atoms with van der Waals surface area (Å²) >= 11 is 0.